The van der Waals surface area contributed by atoms with Crippen LogP contribution in [0.5, 0.6) is 0 Å². The summed E-state index contributed by atoms with van der Waals surface area (Å²) in [4.78, 5) is 24.7. The molecule has 1 aliphatic heterocycles. The Hall–Kier alpha value is -2.30. The van der Waals surface area contributed by atoms with Crippen LogP contribution in [0.25, 0.3) is 0 Å². The zero-order valence-electron chi connectivity index (χ0n) is 14.4. The van der Waals surface area contributed by atoms with Crippen LogP contribution in [0.3, 0.4) is 0 Å². The van der Waals surface area contributed by atoms with Gasteiger partial charge in [-0.05, 0) is 44.6 Å². The van der Waals surface area contributed by atoms with Crippen molar-refractivity contribution in [3.63, 3.8) is 0 Å². The van der Waals surface area contributed by atoms with Crippen molar-refractivity contribution < 1.29 is 14.3 Å². The molecule has 5 heteroatoms. The normalized spacial score (nSPS) is 26.8. The monoisotopic (exact) mass is 328 g/mol. The largest absolute Gasteiger partial charge is 0.459 e. The maximum atomic E-state index is 12.8. The van der Waals surface area contributed by atoms with Gasteiger partial charge in [0.2, 0.25) is 0 Å². The van der Waals surface area contributed by atoms with Crippen LogP contribution < -0.4 is 10.6 Å². The molecule has 24 heavy (non-hydrogen) atoms. The van der Waals surface area contributed by atoms with Crippen molar-refractivity contribution in [3.8, 4) is 0 Å². The van der Waals surface area contributed by atoms with Gasteiger partial charge in [-0.3, -0.25) is 0 Å². The number of nitrogens with one attached hydrogen (secondary N) is 2. The topological polar surface area (TPSA) is 67.4 Å². The second kappa shape index (κ2) is 6.67. The molecule has 0 radical (unpaired) electrons. The number of hydrogen-bond acceptors (Lipinski definition) is 3. The van der Waals surface area contributed by atoms with Gasteiger partial charge < -0.3 is 15.4 Å². The molecule has 1 aromatic carbocycles. The van der Waals surface area contributed by atoms with E-state index in [0.29, 0.717) is 17.2 Å². The highest BCUT2D eigenvalue weighted by Crippen LogP contribution is 2.32. The Morgan fingerprint density at radius 2 is 1.88 bits per heavy atom. The standard InChI is InChI=1S/C19H24N2O3/c1-11-7-9-14(10-8-11)17-16(13(3)20-19(23)21-17)18(22)24-15-6-4-5-12(15)2/h7-10,12,15,17H,4-6H2,1-3H3,(H2,20,21,23)/t12-,15-,17+/m0/s1. The van der Waals surface area contributed by atoms with Gasteiger partial charge in [-0.25, -0.2) is 9.59 Å². The third-order valence-electron chi connectivity index (χ3n) is 4.94. The number of esters is 1. The summed E-state index contributed by atoms with van der Waals surface area (Å²) in [7, 11) is 0. The fraction of sp³-hybridized carbons (Fsp3) is 0.474. The third-order valence-corrected chi connectivity index (χ3v) is 4.94. The molecule has 2 N–H and O–H groups in total. The molecule has 0 aromatic heterocycles. The number of urea groups is 1. The summed E-state index contributed by atoms with van der Waals surface area (Å²) in [6.45, 7) is 5.86. The van der Waals surface area contributed by atoms with E-state index in [0.717, 1.165) is 30.4 Å². The van der Waals surface area contributed by atoms with Crippen LogP contribution in [0.2, 0.25) is 0 Å². The van der Waals surface area contributed by atoms with E-state index in [-0.39, 0.29) is 18.1 Å². The van der Waals surface area contributed by atoms with Crippen molar-refractivity contribution in [3.05, 3.63) is 46.7 Å². The molecular formula is C19H24N2O3. The number of carbonyl (C=O) groups excluding carboxylic acids is 2. The van der Waals surface area contributed by atoms with Gasteiger partial charge in [0.1, 0.15) is 6.10 Å². The van der Waals surface area contributed by atoms with E-state index in [1.807, 2.05) is 31.2 Å². The minimum absolute atomic E-state index is 0.0332. The summed E-state index contributed by atoms with van der Waals surface area (Å²) >= 11 is 0. The SMILES string of the molecule is CC1=C(C(=O)O[C@H]2CCC[C@@H]2C)[C@@H](c2ccc(C)cc2)NC(=O)N1. The van der Waals surface area contributed by atoms with E-state index in [4.69, 9.17) is 4.74 Å². The van der Waals surface area contributed by atoms with E-state index >= 15 is 0 Å². The molecule has 1 fully saturated rings. The second-order valence-corrected chi connectivity index (χ2v) is 6.83. The number of carbonyl (C=O) groups is 2. The minimum atomic E-state index is -0.483. The molecule has 1 heterocycles. The zero-order chi connectivity index (χ0) is 17.3. The van der Waals surface area contributed by atoms with Crippen molar-refractivity contribution in [2.75, 3.05) is 0 Å². The highest BCUT2D eigenvalue weighted by atomic mass is 16.5. The van der Waals surface area contributed by atoms with Crippen LogP contribution in [0.4, 0.5) is 4.79 Å². The van der Waals surface area contributed by atoms with Gasteiger partial charge in [0, 0.05) is 5.70 Å². The lowest BCUT2D eigenvalue weighted by atomic mass is 9.95. The van der Waals surface area contributed by atoms with Crippen LogP contribution >= 0.6 is 0 Å². The first-order chi connectivity index (χ1) is 11.5. The molecule has 1 aromatic rings. The summed E-state index contributed by atoms with van der Waals surface area (Å²) in [5.74, 6) is 0.0446. The molecule has 2 aliphatic rings. The average molecular weight is 328 g/mol. The summed E-state index contributed by atoms with van der Waals surface area (Å²) in [5.41, 5.74) is 3.04. The Bertz CT molecular complexity index is 678. The number of amides is 2. The van der Waals surface area contributed by atoms with Crippen LogP contribution in [-0.2, 0) is 9.53 Å². The first-order valence-corrected chi connectivity index (χ1v) is 8.51. The molecule has 0 bridgehead atoms. The molecule has 0 saturated heterocycles. The van der Waals surface area contributed by atoms with Gasteiger partial charge in [0.05, 0.1) is 11.6 Å². The van der Waals surface area contributed by atoms with Crippen LogP contribution in [-0.4, -0.2) is 18.1 Å². The van der Waals surface area contributed by atoms with Crippen molar-refractivity contribution >= 4 is 12.0 Å². The second-order valence-electron chi connectivity index (χ2n) is 6.83. The summed E-state index contributed by atoms with van der Waals surface area (Å²) in [6, 6.07) is 7.03. The smallest absolute Gasteiger partial charge is 0.338 e. The van der Waals surface area contributed by atoms with Gasteiger partial charge in [-0.15, -0.1) is 0 Å². The van der Waals surface area contributed by atoms with Crippen molar-refractivity contribution in [2.45, 2.75) is 52.2 Å². The molecule has 5 nitrogen and oxygen atoms in total. The fourth-order valence-electron chi connectivity index (χ4n) is 3.46. The molecule has 2 amide bonds. The molecule has 0 spiro atoms. The predicted octanol–water partition coefficient (Wildman–Crippen LogP) is 3.35. The molecular weight excluding hydrogens is 304 g/mol. The summed E-state index contributed by atoms with van der Waals surface area (Å²) < 4.78 is 5.76. The highest BCUT2D eigenvalue weighted by molar-refractivity contribution is 5.95. The number of ether oxygens (including phenoxy) is 1. The van der Waals surface area contributed by atoms with Crippen LogP contribution in [0, 0.1) is 12.8 Å². The highest BCUT2D eigenvalue weighted by Gasteiger charge is 2.35. The van der Waals surface area contributed by atoms with E-state index in [9.17, 15) is 9.59 Å². The number of allylic oxidation sites excluding steroid dienone is 1. The summed E-state index contributed by atoms with van der Waals surface area (Å²) in [6.07, 6.45) is 3.06. The maximum Gasteiger partial charge on any atom is 0.338 e. The van der Waals surface area contributed by atoms with Crippen molar-refractivity contribution in [2.24, 2.45) is 5.92 Å². The molecule has 128 valence electrons. The number of aryl methyl sites for hydroxylation is 1. The van der Waals surface area contributed by atoms with E-state index in [1.165, 1.54) is 0 Å². The fourth-order valence-corrected chi connectivity index (χ4v) is 3.46. The lowest BCUT2D eigenvalue weighted by molar-refractivity contribution is -0.146. The quantitative estimate of drug-likeness (QED) is 0.836. The van der Waals surface area contributed by atoms with Crippen LogP contribution in [0.15, 0.2) is 35.5 Å². The summed E-state index contributed by atoms with van der Waals surface area (Å²) in [5, 5.41) is 5.53. The molecule has 1 aliphatic carbocycles. The minimum Gasteiger partial charge on any atom is -0.459 e. The Morgan fingerprint density at radius 3 is 2.50 bits per heavy atom. The Morgan fingerprint density at radius 1 is 1.17 bits per heavy atom. The lowest BCUT2D eigenvalue weighted by Crippen LogP contribution is -2.45. The Kier molecular flexibility index (Phi) is 4.60. The molecule has 1 saturated carbocycles. The molecule has 0 unspecified atom stereocenters. The van der Waals surface area contributed by atoms with Gasteiger partial charge in [-0.2, -0.15) is 0 Å². The lowest BCUT2D eigenvalue weighted by Gasteiger charge is -2.29. The van der Waals surface area contributed by atoms with Crippen molar-refractivity contribution in [1.82, 2.24) is 10.6 Å². The van der Waals surface area contributed by atoms with Gasteiger partial charge in [-0.1, -0.05) is 36.8 Å². The molecule has 3 atom stereocenters. The average Bonchev–Trinajstić information content (AvgIpc) is 2.92. The van der Waals surface area contributed by atoms with E-state index in [1.54, 1.807) is 6.92 Å². The molecule has 3 rings (SSSR count). The van der Waals surface area contributed by atoms with Crippen LogP contribution in [0.1, 0.15) is 50.3 Å². The van der Waals surface area contributed by atoms with Gasteiger partial charge >= 0.3 is 12.0 Å². The van der Waals surface area contributed by atoms with Gasteiger partial charge in [0.15, 0.2) is 0 Å². The zero-order valence-corrected chi connectivity index (χ0v) is 14.4. The first kappa shape index (κ1) is 16.6. The number of rotatable bonds is 3. The van der Waals surface area contributed by atoms with E-state index < -0.39 is 6.04 Å². The van der Waals surface area contributed by atoms with E-state index in [2.05, 4.69) is 17.6 Å². The Labute approximate surface area is 142 Å². The first-order valence-electron chi connectivity index (χ1n) is 8.51. The third kappa shape index (κ3) is 3.30. The number of hydrogen-bond donors (Lipinski definition) is 2. The maximum absolute atomic E-state index is 12.8. The van der Waals surface area contributed by atoms with Gasteiger partial charge in [0.25, 0.3) is 0 Å². The number of benzene rings is 1. The van der Waals surface area contributed by atoms with Crippen molar-refractivity contribution in [1.29, 1.82) is 0 Å². The predicted molar refractivity (Wildman–Crippen MR) is 91.2 cm³/mol. The Balaban J connectivity index is 1.88.